The third-order valence-electron chi connectivity index (χ3n) is 4.01. The fraction of sp³-hybridized carbons (Fsp3) is 0.0909. The van der Waals surface area contributed by atoms with Gasteiger partial charge in [-0.25, -0.2) is 9.97 Å². The smallest absolute Gasteiger partial charge is 0.322 e. The predicted octanol–water partition coefficient (Wildman–Crippen LogP) is 5.09. The Morgan fingerprint density at radius 3 is 2.25 bits per heavy atom. The molecule has 4 aromatic rings. The zero-order valence-corrected chi connectivity index (χ0v) is 15.6. The van der Waals surface area contributed by atoms with E-state index in [0.29, 0.717) is 17.6 Å². The van der Waals surface area contributed by atoms with Crippen molar-refractivity contribution < 1.29 is 4.74 Å². The van der Waals surface area contributed by atoms with Crippen molar-refractivity contribution in [1.82, 2.24) is 20.2 Å². The van der Waals surface area contributed by atoms with E-state index in [4.69, 9.17) is 4.74 Å². The van der Waals surface area contributed by atoms with Crippen LogP contribution in [0.2, 0.25) is 0 Å². The third kappa shape index (κ3) is 4.29. The van der Waals surface area contributed by atoms with Gasteiger partial charge in [0.15, 0.2) is 5.82 Å². The van der Waals surface area contributed by atoms with Crippen LogP contribution < -0.4 is 10.1 Å². The number of rotatable bonds is 5. The Labute approximate surface area is 163 Å². The quantitative estimate of drug-likeness (QED) is 0.528. The lowest BCUT2D eigenvalue weighted by Gasteiger charge is -2.09. The average Bonchev–Trinajstić information content (AvgIpc) is 2.69. The van der Waals surface area contributed by atoms with E-state index >= 15 is 0 Å². The minimum absolute atomic E-state index is 0.335. The summed E-state index contributed by atoms with van der Waals surface area (Å²) in [5, 5.41) is 11.8. The van der Waals surface area contributed by atoms with E-state index < -0.39 is 0 Å². The van der Waals surface area contributed by atoms with Gasteiger partial charge in [-0.3, -0.25) is 0 Å². The Bertz CT molecular complexity index is 1060. The van der Waals surface area contributed by atoms with Crippen LogP contribution in [-0.2, 0) is 0 Å². The maximum atomic E-state index is 5.80. The van der Waals surface area contributed by atoms with Gasteiger partial charge in [-0.05, 0) is 44.2 Å². The van der Waals surface area contributed by atoms with Gasteiger partial charge in [-0.2, -0.15) is 0 Å². The summed E-state index contributed by atoms with van der Waals surface area (Å²) in [6.07, 6.45) is 0. The van der Waals surface area contributed by atoms with Crippen LogP contribution >= 0.6 is 0 Å². The van der Waals surface area contributed by atoms with E-state index in [2.05, 4.69) is 25.5 Å². The molecule has 0 unspecified atom stereocenters. The maximum Gasteiger partial charge on any atom is 0.322 e. The van der Waals surface area contributed by atoms with Crippen LogP contribution in [0.3, 0.4) is 0 Å². The van der Waals surface area contributed by atoms with Crippen LogP contribution in [0.1, 0.15) is 11.4 Å². The van der Waals surface area contributed by atoms with Gasteiger partial charge in [-0.1, -0.05) is 36.4 Å². The van der Waals surface area contributed by atoms with Crippen molar-refractivity contribution >= 4 is 11.5 Å². The molecule has 0 aliphatic rings. The largest absolute Gasteiger partial charge is 0.424 e. The first kappa shape index (κ1) is 17.6. The summed E-state index contributed by atoms with van der Waals surface area (Å²) in [6.45, 7) is 3.83. The van der Waals surface area contributed by atoms with Crippen molar-refractivity contribution in [1.29, 1.82) is 0 Å². The number of aromatic nitrogens is 4. The summed E-state index contributed by atoms with van der Waals surface area (Å²) < 4.78 is 5.80. The first-order valence-corrected chi connectivity index (χ1v) is 8.92. The summed E-state index contributed by atoms with van der Waals surface area (Å²) in [4.78, 5) is 8.61. The van der Waals surface area contributed by atoms with Crippen molar-refractivity contribution in [2.45, 2.75) is 13.8 Å². The van der Waals surface area contributed by atoms with Crippen LogP contribution in [0.5, 0.6) is 11.8 Å². The standard InChI is InChI=1S/C22H19N5O/c1-15-13-16(2)24-22(23-15)28-19-10-6-9-18(14-19)25-21-12-11-20(26-27-21)17-7-4-3-5-8-17/h3-14H,1-2H3,(H,25,27). The Hall–Kier alpha value is -3.80. The number of anilines is 2. The van der Waals surface area contributed by atoms with E-state index in [1.54, 1.807) is 0 Å². The molecular formula is C22H19N5O. The van der Waals surface area contributed by atoms with Gasteiger partial charge in [0, 0.05) is 28.7 Å². The molecular weight excluding hydrogens is 350 g/mol. The van der Waals surface area contributed by atoms with Crippen LogP contribution in [0, 0.1) is 13.8 Å². The first-order valence-electron chi connectivity index (χ1n) is 8.92. The molecule has 6 nitrogen and oxygen atoms in total. The maximum absolute atomic E-state index is 5.80. The fourth-order valence-electron chi connectivity index (χ4n) is 2.79. The molecule has 0 bridgehead atoms. The van der Waals surface area contributed by atoms with E-state index in [9.17, 15) is 0 Å². The lowest BCUT2D eigenvalue weighted by atomic mass is 10.1. The minimum Gasteiger partial charge on any atom is -0.424 e. The number of hydrogen-bond donors (Lipinski definition) is 1. The van der Waals surface area contributed by atoms with Crippen molar-refractivity contribution in [2.24, 2.45) is 0 Å². The zero-order chi connectivity index (χ0) is 19.3. The third-order valence-corrected chi connectivity index (χ3v) is 4.01. The number of hydrogen-bond acceptors (Lipinski definition) is 6. The van der Waals surface area contributed by atoms with E-state index in [1.807, 2.05) is 86.6 Å². The summed E-state index contributed by atoms with van der Waals surface area (Å²) in [6, 6.07) is 23.6. The second kappa shape index (κ2) is 7.84. The van der Waals surface area contributed by atoms with E-state index in [1.165, 1.54) is 0 Å². The van der Waals surface area contributed by atoms with Crippen molar-refractivity contribution in [3.05, 3.63) is 84.2 Å². The summed E-state index contributed by atoms with van der Waals surface area (Å²) in [5.74, 6) is 1.29. The monoisotopic (exact) mass is 369 g/mol. The van der Waals surface area contributed by atoms with Gasteiger partial charge in [0.05, 0.1) is 5.69 Å². The fourth-order valence-corrected chi connectivity index (χ4v) is 2.79. The Morgan fingerprint density at radius 2 is 1.54 bits per heavy atom. The number of aryl methyl sites for hydroxylation is 2. The van der Waals surface area contributed by atoms with Crippen LogP contribution in [0.4, 0.5) is 11.5 Å². The highest BCUT2D eigenvalue weighted by molar-refractivity contribution is 5.62. The zero-order valence-electron chi connectivity index (χ0n) is 15.6. The highest BCUT2D eigenvalue weighted by Gasteiger charge is 2.05. The van der Waals surface area contributed by atoms with Crippen LogP contribution in [-0.4, -0.2) is 20.2 Å². The highest BCUT2D eigenvalue weighted by atomic mass is 16.5. The molecule has 6 heteroatoms. The number of ether oxygens (including phenoxy) is 1. The molecule has 0 amide bonds. The first-order chi connectivity index (χ1) is 13.7. The number of benzene rings is 2. The lowest BCUT2D eigenvalue weighted by Crippen LogP contribution is -1.98. The molecule has 2 aromatic carbocycles. The number of nitrogens with zero attached hydrogens (tertiary/aromatic N) is 4. The molecule has 0 aliphatic carbocycles. The molecule has 0 radical (unpaired) electrons. The summed E-state index contributed by atoms with van der Waals surface area (Å²) in [7, 11) is 0. The Balaban J connectivity index is 1.49. The molecule has 2 aromatic heterocycles. The second-order valence-corrected chi connectivity index (χ2v) is 6.36. The SMILES string of the molecule is Cc1cc(C)nc(Oc2cccc(Nc3ccc(-c4ccccc4)nn3)c2)n1. The molecule has 0 saturated heterocycles. The van der Waals surface area contributed by atoms with Gasteiger partial charge >= 0.3 is 6.01 Å². The summed E-state index contributed by atoms with van der Waals surface area (Å²) in [5.41, 5.74) is 4.43. The van der Waals surface area contributed by atoms with Gasteiger partial charge in [0.25, 0.3) is 0 Å². The normalized spacial score (nSPS) is 10.5. The molecule has 0 aliphatic heterocycles. The molecule has 138 valence electrons. The van der Waals surface area contributed by atoms with Gasteiger partial charge in [0.2, 0.25) is 0 Å². The molecule has 0 saturated carbocycles. The predicted molar refractivity (Wildman–Crippen MR) is 109 cm³/mol. The Morgan fingerprint density at radius 1 is 0.750 bits per heavy atom. The van der Waals surface area contributed by atoms with Crippen molar-refractivity contribution in [2.75, 3.05) is 5.32 Å². The summed E-state index contributed by atoms with van der Waals surface area (Å²) >= 11 is 0. The molecule has 2 heterocycles. The van der Waals surface area contributed by atoms with Gasteiger partial charge in [0.1, 0.15) is 5.75 Å². The lowest BCUT2D eigenvalue weighted by molar-refractivity contribution is 0.439. The van der Waals surface area contributed by atoms with Crippen molar-refractivity contribution in [3.63, 3.8) is 0 Å². The molecule has 4 rings (SSSR count). The molecule has 0 atom stereocenters. The van der Waals surface area contributed by atoms with E-state index in [0.717, 1.165) is 28.3 Å². The van der Waals surface area contributed by atoms with E-state index in [-0.39, 0.29) is 0 Å². The van der Waals surface area contributed by atoms with Crippen LogP contribution in [0.15, 0.2) is 72.8 Å². The topological polar surface area (TPSA) is 72.8 Å². The Kier molecular flexibility index (Phi) is 4.93. The second-order valence-electron chi connectivity index (χ2n) is 6.36. The molecule has 28 heavy (non-hydrogen) atoms. The van der Waals surface area contributed by atoms with Gasteiger partial charge < -0.3 is 10.1 Å². The molecule has 0 spiro atoms. The molecule has 0 fully saturated rings. The van der Waals surface area contributed by atoms with Crippen LogP contribution in [0.25, 0.3) is 11.3 Å². The van der Waals surface area contributed by atoms with Gasteiger partial charge in [-0.15, -0.1) is 10.2 Å². The minimum atomic E-state index is 0.335. The van der Waals surface area contributed by atoms with Crippen molar-refractivity contribution in [3.8, 4) is 23.0 Å². The average molecular weight is 369 g/mol. The molecule has 1 N–H and O–H groups in total. The highest BCUT2D eigenvalue weighted by Crippen LogP contribution is 2.24. The number of nitrogens with one attached hydrogen (secondary N) is 1.